The van der Waals surface area contributed by atoms with E-state index in [0.717, 1.165) is 18.8 Å². The van der Waals surface area contributed by atoms with Crippen LogP contribution in [0.1, 0.15) is 29.6 Å². The fourth-order valence-electron chi connectivity index (χ4n) is 2.66. The van der Waals surface area contributed by atoms with Crippen LogP contribution in [0.15, 0.2) is 47.4 Å². The van der Waals surface area contributed by atoms with Gasteiger partial charge < -0.3 is 15.2 Å². The van der Waals surface area contributed by atoms with Crippen molar-refractivity contribution >= 4 is 17.3 Å². The summed E-state index contributed by atoms with van der Waals surface area (Å²) < 4.78 is 0. The first-order valence-corrected chi connectivity index (χ1v) is 7.57. The number of carbonyl (C=O) groups excluding carboxylic acids is 1. The van der Waals surface area contributed by atoms with E-state index in [1.165, 1.54) is 43.3 Å². The lowest BCUT2D eigenvalue weighted by Gasteiger charge is -2.28. The predicted molar refractivity (Wildman–Crippen MR) is 87.5 cm³/mol. The zero-order valence-electron chi connectivity index (χ0n) is 12.3. The number of nitrogens with one attached hydrogen (secondary N) is 2. The van der Waals surface area contributed by atoms with Gasteiger partial charge in [0.15, 0.2) is 0 Å². The highest BCUT2D eigenvalue weighted by atomic mass is 16.1. The van der Waals surface area contributed by atoms with Gasteiger partial charge in [0.25, 0.3) is 5.91 Å². The Morgan fingerprint density at radius 2 is 1.73 bits per heavy atom. The van der Waals surface area contributed by atoms with E-state index in [4.69, 9.17) is 0 Å². The van der Waals surface area contributed by atoms with Crippen LogP contribution in [0.4, 0.5) is 11.4 Å². The fraction of sp³-hybridized carbons (Fsp3) is 0.294. The maximum atomic E-state index is 12.1. The maximum Gasteiger partial charge on any atom is 0.257 e. The van der Waals surface area contributed by atoms with E-state index in [-0.39, 0.29) is 11.5 Å². The Morgan fingerprint density at radius 3 is 2.36 bits per heavy atom. The van der Waals surface area contributed by atoms with Gasteiger partial charge in [-0.05, 0) is 49.6 Å². The molecule has 22 heavy (non-hydrogen) atoms. The number of nitrogens with zero attached hydrogens (tertiary/aromatic N) is 1. The van der Waals surface area contributed by atoms with Gasteiger partial charge in [0.1, 0.15) is 0 Å². The minimum atomic E-state index is -0.234. The molecule has 3 rings (SSSR count). The smallest absolute Gasteiger partial charge is 0.257 e. The third kappa shape index (κ3) is 3.36. The fourth-order valence-corrected chi connectivity index (χ4v) is 2.66. The quantitative estimate of drug-likeness (QED) is 0.915. The number of anilines is 2. The van der Waals surface area contributed by atoms with Crippen LogP contribution in [0.25, 0.3) is 0 Å². The summed E-state index contributed by atoms with van der Waals surface area (Å²) in [5.41, 5.74) is 2.15. The number of aromatic amines is 1. The molecular weight excluding hydrogens is 278 g/mol. The molecule has 114 valence electrons. The van der Waals surface area contributed by atoms with Crippen molar-refractivity contribution in [2.75, 3.05) is 23.3 Å². The molecule has 0 unspecified atom stereocenters. The predicted octanol–water partition coefficient (Wildman–Crippen LogP) is 2.62. The standard InChI is InChI=1S/C17H19N3O2/c21-16-9-4-13(12-18-16)17(22)19-14-5-7-15(8-6-14)20-10-2-1-3-11-20/h4-9,12H,1-3,10-11H2,(H,18,21)(H,19,22). The molecule has 1 aliphatic rings. The molecular formula is C17H19N3O2. The highest BCUT2D eigenvalue weighted by Crippen LogP contribution is 2.22. The summed E-state index contributed by atoms with van der Waals surface area (Å²) in [5.74, 6) is -0.234. The Morgan fingerprint density at radius 1 is 1.00 bits per heavy atom. The summed E-state index contributed by atoms with van der Waals surface area (Å²) in [6.07, 6.45) is 5.21. The van der Waals surface area contributed by atoms with Crippen LogP contribution in [-0.2, 0) is 0 Å². The summed E-state index contributed by atoms with van der Waals surface area (Å²) in [4.78, 5) is 27.9. The molecule has 1 fully saturated rings. The minimum Gasteiger partial charge on any atom is -0.372 e. The minimum absolute atomic E-state index is 0.220. The van der Waals surface area contributed by atoms with E-state index in [0.29, 0.717) is 5.56 Å². The van der Waals surface area contributed by atoms with Crippen LogP contribution in [0.2, 0.25) is 0 Å². The van der Waals surface area contributed by atoms with Crippen LogP contribution in [0, 0.1) is 0 Å². The van der Waals surface area contributed by atoms with Gasteiger partial charge in [0, 0.05) is 36.7 Å². The van der Waals surface area contributed by atoms with E-state index in [1.807, 2.05) is 24.3 Å². The van der Waals surface area contributed by atoms with Gasteiger partial charge in [-0.2, -0.15) is 0 Å². The van der Waals surface area contributed by atoms with Crippen molar-refractivity contribution in [3.8, 4) is 0 Å². The number of aromatic nitrogens is 1. The molecule has 1 saturated heterocycles. The Hall–Kier alpha value is -2.56. The molecule has 0 radical (unpaired) electrons. The molecule has 0 aliphatic carbocycles. The molecule has 2 N–H and O–H groups in total. The molecule has 0 bridgehead atoms. The zero-order chi connectivity index (χ0) is 15.4. The molecule has 0 saturated carbocycles. The molecule has 1 amide bonds. The lowest BCUT2D eigenvalue weighted by Crippen LogP contribution is -2.29. The topological polar surface area (TPSA) is 65.2 Å². The van der Waals surface area contributed by atoms with Crippen LogP contribution in [0.3, 0.4) is 0 Å². The summed E-state index contributed by atoms with van der Waals surface area (Å²) in [6, 6.07) is 10.7. The number of benzene rings is 1. The van der Waals surface area contributed by atoms with Crippen LogP contribution >= 0.6 is 0 Å². The molecule has 0 atom stereocenters. The second-order valence-corrected chi connectivity index (χ2v) is 5.49. The first-order chi connectivity index (χ1) is 10.7. The van der Waals surface area contributed by atoms with Crippen molar-refractivity contribution in [1.82, 2.24) is 4.98 Å². The van der Waals surface area contributed by atoms with E-state index in [2.05, 4.69) is 15.2 Å². The van der Waals surface area contributed by atoms with E-state index in [1.54, 1.807) is 0 Å². The van der Waals surface area contributed by atoms with Crippen molar-refractivity contribution in [3.63, 3.8) is 0 Å². The molecule has 2 heterocycles. The lowest BCUT2D eigenvalue weighted by atomic mass is 10.1. The molecule has 2 aromatic rings. The SMILES string of the molecule is O=C(Nc1ccc(N2CCCCC2)cc1)c1ccc(=O)[nH]c1. The number of hydrogen-bond acceptors (Lipinski definition) is 3. The first-order valence-electron chi connectivity index (χ1n) is 7.57. The Balaban J connectivity index is 1.66. The average molecular weight is 297 g/mol. The molecule has 1 aromatic heterocycles. The lowest BCUT2D eigenvalue weighted by molar-refractivity contribution is 0.102. The van der Waals surface area contributed by atoms with Crippen molar-refractivity contribution < 1.29 is 4.79 Å². The zero-order valence-corrected chi connectivity index (χ0v) is 12.3. The molecule has 5 nitrogen and oxygen atoms in total. The van der Waals surface area contributed by atoms with Gasteiger partial charge in [0.05, 0.1) is 5.56 Å². The Labute approximate surface area is 129 Å². The van der Waals surface area contributed by atoms with Gasteiger partial charge in [-0.1, -0.05) is 0 Å². The number of H-pyrrole nitrogens is 1. The number of carbonyl (C=O) groups is 1. The largest absolute Gasteiger partial charge is 0.372 e. The monoisotopic (exact) mass is 297 g/mol. The number of piperidine rings is 1. The van der Waals surface area contributed by atoms with Gasteiger partial charge in [-0.25, -0.2) is 0 Å². The number of pyridine rings is 1. The molecule has 1 aromatic carbocycles. The summed E-state index contributed by atoms with van der Waals surface area (Å²) in [7, 11) is 0. The highest BCUT2D eigenvalue weighted by molar-refractivity contribution is 6.04. The van der Waals surface area contributed by atoms with Gasteiger partial charge >= 0.3 is 0 Å². The van der Waals surface area contributed by atoms with E-state index in [9.17, 15) is 9.59 Å². The molecule has 5 heteroatoms. The summed E-state index contributed by atoms with van der Waals surface area (Å²) >= 11 is 0. The first kappa shape index (κ1) is 14.4. The van der Waals surface area contributed by atoms with Gasteiger partial charge in [-0.15, -0.1) is 0 Å². The highest BCUT2D eigenvalue weighted by Gasteiger charge is 2.11. The van der Waals surface area contributed by atoms with Crippen LogP contribution < -0.4 is 15.8 Å². The normalized spacial score (nSPS) is 14.6. The second-order valence-electron chi connectivity index (χ2n) is 5.49. The van der Waals surface area contributed by atoms with E-state index < -0.39 is 0 Å². The van der Waals surface area contributed by atoms with Crippen molar-refractivity contribution in [3.05, 3.63) is 58.5 Å². The van der Waals surface area contributed by atoms with Crippen molar-refractivity contribution in [2.45, 2.75) is 19.3 Å². The van der Waals surface area contributed by atoms with Gasteiger partial charge in [0.2, 0.25) is 5.56 Å². The van der Waals surface area contributed by atoms with Crippen LogP contribution in [0.5, 0.6) is 0 Å². The van der Waals surface area contributed by atoms with Crippen LogP contribution in [-0.4, -0.2) is 24.0 Å². The Bertz CT molecular complexity index is 680. The second kappa shape index (κ2) is 6.47. The number of hydrogen-bond donors (Lipinski definition) is 2. The third-order valence-corrected chi connectivity index (χ3v) is 3.89. The third-order valence-electron chi connectivity index (χ3n) is 3.89. The maximum absolute atomic E-state index is 12.1. The Kier molecular flexibility index (Phi) is 4.23. The van der Waals surface area contributed by atoms with E-state index >= 15 is 0 Å². The summed E-state index contributed by atoms with van der Waals surface area (Å²) in [5, 5.41) is 2.83. The van der Waals surface area contributed by atoms with Gasteiger partial charge in [-0.3, -0.25) is 9.59 Å². The van der Waals surface area contributed by atoms with Crippen molar-refractivity contribution in [2.24, 2.45) is 0 Å². The molecule has 1 aliphatic heterocycles. The summed E-state index contributed by atoms with van der Waals surface area (Å²) in [6.45, 7) is 2.20. The molecule has 0 spiro atoms. The average Bonchev–Trinajstić information content (AvgIpc) is 2.57. The van der Waals surface area contributed by atoms with Crippen molar-refractivity contribution in [1.29, 1.82) is 0 Å². The number of rotatable bonds is 3. The number of amides is 1.